The lowest BCUT2D eigenvalue weighted by atomic mass is 10.3. The van der Waals surface area contributed by atoms with Gasteiger partial charge in [-0.3, -0.25) is 5.41 Å². The van der Waals surface area contributed by atoms with E-state index in [1.807, 2.05) is 12.1 Å². The molecule has 0 unspecified atom stereocenters. The molecule has 3 N–H and O–H groups in total. The minimum atomic E-state index is -0.0173. The van der Waals surface area contributed by atoms with E-state index in [9.17, 15) is 0 Å². The third-order valence-electron chi connectivity index (χ3n) is 2.01. The molecule has 0 fully saturated rings. The molecule has 1 heterocycles. The van der Waals surface area contributed by atoms with Crippen LogP contribution in [0, 0.1) is 5.41 Å². The van der Waals surface area contributed by atoms with Crippen molar-refractivity contribution >= 4 is 29.2 Å². The van der Waals surface area contributed by atoms with Crippen molar-refractivity contribution in [2.45, 2.75) is 9.92 Å². The van der Waals surface area contributed by atoms with Gasteiger partial charge in [0, 0.05) is 9.92 Å². The van der Waals surface area contributed by atoms with Crippen LogP contribution in [0.3, 0.4) is 0 Å². The first-order valence-corrected chi connectivity index (χ1v) is 5.96. The van der Waals surface area contributed by atoms with E-state index in [0.29, 0.717) is 15.6 Å². The van der Waals surface area contributed by atoms with E-state index in [0.717, 1.165) is 4.90 Å². The minimum Gasteiger partial charge on any atom is -0.384 e. The molecule has 0 aliphatic heterocycles. The van der Waals surface area contributed by atoms with Crippen LogP contribution in [0.15, 0.2) is 46.5 Å². The van der Waals surface area contributed by atoms with Crippen molar-refractivity contribution < 1.29 is 0 Å². The number of hydrogen-bond donors (Lipinski definition) is 2. The van der Waals surface area contributed by atoms with E-state index in [-0.39, 0.29) is 5.84 Å². The monoisotopic (exact) mass is 264 g/mol. The summed E-state index contributed by atoms with van der Waals surface area (Å²) in [5.74, 6) is -0.0173. The Balaban J connectivity index is 2.30. The van der Waals surface area contributed by atoms with Crippen LogP contribution in [-0.2, 0) is 0 Å². The largest absolute Gasteiger partial charge is 0.384 e. The summed E-state index contributed by atoms with van der Waals surface area (Å²) in [5.41, 5.74) is 6.06. The van der Waals surface area contributed by atoms with Crippen LogP contribution in [0.1, 0.15) is 5.56 Å². The van der Waals surface area contributed by atoms with E-state index in [1.165, 1.54) is 18.0 Å². The fourth-order valence-corrected chi connectivity index (χ4v) is 2.21. The predicted molar refractivity (Wildman–Crippen MR) is 68.6 cm³/mol. The fraction of sp³-hybridized carbons (Fsp3) is 0. The number of rotatable bonds is 3. The predicted octanol–water partition coefficient (Wildman–Crippen LogP) is 2.57. The molecule has 2 rings (SSSR count). The highest BCUT2D eigenvalue weighted by molar-refractivity contribution is 7.99. The Bertz CT molecular complexity index is 541. The summed E-state index contributed by atoms with van der Waals surface area (Å²) in [7, 11) is 0. The zero-order valence-corrected chi connectivity index (χ0v) is 10.3. The van der Waals surface area contributed by atoms with E-state index in [4.69, 9.17) is 22.7 Å². The molecule has 4 nitrogen and oxygen atoms in total. The van der Waals surface area contributed by atoms with Crippen LogP contribution in [0.2, 0.25) is 5.02 Å². The maximum atomic E-state index is 7.45. The van der Waals surface area contributed by atoms with Crippen molar-refractivity contribution in [1.29, 1.82) is 5.41 Å². The van der Waals surface area contributed by atoms with Crippen LogP contribution in [0.25, 0.3) is 0 Å². The van der Waals surface area contributed by atoms with Gasteiger partial charge in [-0.1, -0.05) is 23.4 Å². The smallest absolute Gasteiger partial charge is 0.134 e. The molecule has 17 heavy (non-hydrogen) atoms. The number of nitrogens with zero attached hydrogens (tertiary/aromatic N) is 2. The van der Waals surface area contributed by atoms with Gasteiger partial charge < -0.3 is 5.73 Å². The number of amidine groups is 1. The van der Waals surface area contributed by atoms with Gasteiger partial charge in [-0.05, 0) is 30.3 Å². The number of nitrogen functional groups attached to an aromatic ring is 1. The second-order valence-electron chi connectivity index (χ2n) is 3.22. The van der Waals surface area contributed by atoms with Crippen molar-refractivity contribution in [1.82, 2.24) is 10.2 Å². The van der Waals surface area contributed by atoms with Crippen LogP contribution < -0.4 is 5.73 Å². The number of benzene rings is 1. The molecule has 6 heteroatoms. The highest BCUT2D eigenvalue weighted by atomic mass is 35.5. The van der Waals surface area contributed by atoms with E-state index in [2.05, 4.69) is 10.2 Å². The summed E-state index contributed by atoms with van der Waals surface area (Å²) in [6, 6.07) is 9.03. The number of nitrogens with one attached hydrogen (secondary N) is 1. The average Bonchev–Trinajstić information content (AvgIpc) is 2.32. The first-order chi connectivity index (χ1) is 8.16. The topological polar surface area (TPSA) is 75.7 Å². The van der Waals surface area contributed by atoms with Crippen LogP contribution >= 0.6 is 23.4 Å². The van der Waals surface area contributed by atoms with Crippen LogP contribution in [0.4, 0.5) is 0 Å². The standard InChI is InChI=1S/C11H9ClN4S/c12-7-1-3-8(4-2-7)17-11-9(10(13)14)5-6-15-16-11/h1-6H,(H3,13,14). The van der Waals surface area contributed by atoms with Gasteiger partial charge in [0.2, 0.25) is 0 Å². The molecule has 0 spiro atoms. The van der Waals surface area contributed by atoms with Gasteiger partial charge in [-0.15, -0.1) is 5.10 Å². The number of aromatic nitrogens is 2. The molecule has 0 bridgehead atoms. The quantitative estimate of drug-likeness (QED) is 0.660. The van der Waals surface area contributed by atoms with Gasteiger partial charge in [0.25, 0.3) is 0 Å². The van der Waals surface area contributed by atoms with E-state index in [1.54, 1.807) is 18.2 Å². The van der Waals surface area contributed by atoms with Gasteiger partial charge >= 0.3 is 0 Å². The van der Waals surface area contributed by atoms with Crippen LogP contribution in [0.5, 0.6) is 0 Å². The summed E-state index contributed by atoms with van der Waals surface area (Å²) in [4.78, 5) is 0.970. The number of hydrogen-bond acceptors (Lipinski definition) is 4. The number of nitrogens with two attached hydrogens (primary N) is 1. The summed E-state index contributed by atoms with van der Waals surface area (Å²) >= 11 is 7.20. The molecule has 0 atom stereocenters. The van der Waals surface area contributed by atoms with Crippen molar-refractivity contribution in [3.63, 3.8) is 0 Å². The van der Waals surface area contributed by atoms with Crippen molar-refractivity contribution in [3.8, 4) is 0 Å². The van der Waals surface area contributed by atoms with E-state index < -0.39 is 0 Å². The third-order valence-corrected chi connectivity index (χ3v) is 3.26. The first kappa shape index (κ1) is 11.9. The highest BCUT2D eigenvalue weighted by Crippen LogP contribution is 2.28. The SMILES string of the molecule is N=C(N)c1ccnnc1Sc1ccc(Cl)cc1. The van der Waals surface area contributed by atoms with Gasteiger partial charge in [0.05, 0.1) is 11.8 Å². The maximum Gasteiger partial charge on any atom is 0.134 e. The number of halogens is 1. The zero-order chi connectivity index (χ0) is 12.3. The molecule has 1 aromatic carbocycles. The summed E-state index contributed by atoms with van der Waals surface area (Å²) in [6.45, 7) is 0. The molecule has 0 aliphatic carbocycles. The Morgan fingerprint density at radius 3 is 2.59 bits per heavy atom. The highest BCUT2D eigenvalue weighted by Gasteiger charge is 2.08. The molecule has 0 amide bonds. The molecule has 0 radical (unpaired) electrons. The summed E-state index contributed by atoms with van der Waals surface area (Å²) < 4.78 is 0. The van der Waals surface area contributed by atoms with Crippen molar-refractivity contribution in [2.75, 3.05) is 0 Å². The Morgan fingerprint density at radius 2 is 1.94 bits per heavy atom. The Morgan fingerprint density at radius 1 is 1.24 bits per heavy atom. The molecule has 0 aliphatic rings. The second-order valence-corrected chi connectivity index (χ2v) is 4.72. The lowest BCUT2D eigenvalue weighted by molar-refractivity contribution is 0.921. The molecule has 2 aromatic rings. The summed E-state index contributed by atoms with van der Waals surface area (Å²) in [5, 5.41) is 16.5. The van der Waals surface area contributed by atoms with Gasteiger partial charge in [-0.25, -0.2) is 0 Å². The molecule has 86 valence electrons. The Labute approximate surface area is 108 Å². The Hall–Kier alpha value is -1.59. The Kier molecular flexibility index (Phi) is 3.61. The first-order valence-electron chi connectivity index (χ1n) is 4.76. The fourth-order valence-electron chi connectivity index (χ4n) is 1.21. The zero-order valence-electron chi connectivity index (χ0n) is 8.72. The maximum absolute atomic E-state index is 7.45. The second kappa shape index (κ2) is 5.16. The van der Waals surface area contributed by atoms with Gasteiger partial charge in [0.15, 0.2) is 0 Å². The normalized spacial score (nSPS) is 10.2. The molecular formula is C11H9ClN4S. The third kappa shape index (κ3) is 2.95. The van der Waals surface area contributed by atoms with E-state index >= 15 is 0 Å². The molecule has 1 aromatic heterocycles. The average molecular weight is 265 g/mol. The van der Waals surface area contributed by atoms with Crippen molar-refractivity contribution in [2.24, 2.45) is 5.73 Å². The molecular weight excluding hydrogens is 256 g/mol. The molecule has 0 saturated heterocycles. The van der Waals surface area contributed by atoms with Gasteiger partial charge in [0.1, 0.15) is 10.9 Å². The molecule has 0 saturated carbocycles. The van der Waals surface area contributed by atoms with Gasteiger partial charge in [-0.2, -0.15) is 5.10 Å². The lowest BCUT2D eigenvalue weighted by Gasteiger charge is -2.05. The van der Waals surface area contributed by atoms with Crippen LogP contribution in [-0.4, -0.2) is 16.0 Å². The lowest BCUT2D eigenvalue weighted by Crippen LogP contribution is -2.13. The minimum absolute atomic E-state index is 0.0173. The van der Waals surface area contributed by atoms with Crippen molar-refractivity contribution in [3.05, 3.63) is 47.1 Å². The summed E-state index contributed by atoms with van der Waals surface area (Å²) in [6.07, 6.45) is 1.52.